The highest BCUT2D eigenvalue weighted by atomic mass is 79.9. The maximum atomic E-state index is 5.96. The molecule has 0 heterocycles. The minimum atomic E-state index is 0.883. The molecule has 2 aromatic carbocycles. The zero-order valence-corrected chi connectivity index (χ0v) is 13.8. The van der Waals surface area contributed by atoms with E-state index in [0.717, 1.165) is 34.6 Å². The predicted octanol–water partition coefficient (Wildman–Crippen LogP) is 4.97. The normalized spacial score (nSPS) is 10.6. The molecule has 0 radical (unpaired) electrons. The maximum Gasteiger partial charge on any atom is 0.130 e. The Morgan fingerprint density at radius 3 is 2.50 bits per heavy atom. The van der Waals surface area contributed by atoms with Crippen molar-refractivity contribution in [2.75, 3.05) is 6.54 Å². The Labute approximate surface area is 129 Å². The van der Waals surface area contributed by atoms with Crippen molar-refractivity contribution >= 4 is 15.9 Å². The van der Waals surface area contributed by atoms with Crippen LogP contribution in [0.5, 0.6) is 11.5 Å². The smallest absolute Gasteiger partial charge is 0.130 e. The van der Waals surface area contributed by atoms with Gasteiger partial charge in [-0.2, -0.15) is 0 Å². The van der Waals surface area contributed by atoms with Crippen LogP contribution in [-0.4, -0.2) is 6.54 Å². The van der Waals surface area contributed by atoms with Gasteiger partial charge in [-0.1, -0.05) is 28.9 Å². The fraction of sp³-hybridized carbons (Fsp3) is 0.294. The zero-order valence-electron chi connectivity index (χ0n) is 12.2. The van der Waals surface area contributed by atoms with E-state index in [2.05, 4.69) is 53.3 Å². The molecule has 0 fully saturated rings. The van der Waals surface area contributed by atoms with Gasteiger partial charge in [-0.25, -0.2) is 0 Å². The van der Waals surface area contributed by atoms with E-state index in [9.17, 15) is 0 Å². The van der Waals surface area contributed by atoms with Gasteiger partial charge in [0.25, 0.3) is 0 Å². The van der Waals surface area contributed by atoms with Crippen molar-refractivity contribution in [2.24, 2.45) is 0 Å². The van der Waals surface area contributed by atoms with Gasteiger partial charge in [0.15, 0.2) is 0 Å². The summed E-state index contributed by atoms with van der Waals surface area (Å²) in [7, 11) is 0. The average Bonchev–Trinajstić information content (AvgIpc) is 2.41. The van der Waals surface area contributed by atoms with Gasteiger partial charge in [0.2, 0.25) is 0 Å². The van der Waals surface area contributed by atoms with Gasteiger partial charge in [0.1, 0.15) is 11.5 Å². The summed E-state index contributed by atoms with van der Waals surface area (Å²) in [4.78, 5) is 0. The number of hydrogen-bond acceptors (Lipinski definition) is 2. The largest absolute Gasteiger partial charge is 0.457 e. The molecule has 0 unspecified atom stereocenters. The second-order valence-corrected chi connectivity index (χ2v) is 5.80. The van der Waals surface area contributed by atoms with E-state index in [-0.39, 0.29) is 0 Å². The van der Waals surface area contributed by atoms with Gasteiger partial charge in [-0.3, -0.25) is 0 Å². The lowest BCUT2D eigenvalue weighted by Gasteiger charge is -2.12. The van der Waals surface area contributed by atoms with Gasteiger partial charge in [-0.15, -0.1) is 0 Å². The van der Waals surface area contributed by atoms with E-state index in [1.165, 1.54) is 11.1 Å². The third kappa shape index (κ3) is 3.84. The van der Waals surface area contributed by atoms with Gasteiger partial charge < -0.3 is 10.1 Å². The minimum Gasteiger partial charge on any atom is -0.457 e. The highest BCUT2D eigenvalue weighted by molar-refractivity contribution is 9.10. The Morgan fingerprint density at radius 2 is 1.85 bits per heavy atom. The van der Waals surface area contributed by atoms with Crippen molar-refractivity contribution in [1.29, 1.82) is 0 Å². The van der Waals surface area contributed by atoms with Crippen LogP contribution in [0, 0.1) is 13.8 Å². The maximum absolute atomic E-state index is 5.96. The molecular formula is C17H20BrNO. The molecule has 1 N–H and O–H groups in total. The van der Waals surface area contributed by atoms with Crippen molar-refractivity contribution in [3.8, 4) is 11.5 Å². The van der Waals surface area contributed by atoms with E-state index >= 15 is 0 Å². The lowest BCUT2D eigenvalue weighted by Crippen LogP contribution is -2.12. The molecule has 20 heavy (non-hydrogen) atoms. The van der Waals surface area contributed by atoms with Crippen molar-refractivity contribution < 1.29 is 4.74 Å². The SMILES string of the molecule is CCNCc1ccc(Oc2ccc(Br)cc2C)cc1C. The van der Waals surface area contributed by atoms with Crippen LogP contribution in [0.2, 0.25) is 0 Å². The molecular weight excluding hydrogens is 314 g/mol. The Balaban J connectivity index is 2.15. The lowest BCUT2D eigenvalue weighted by atomic mass is 10.1. The Hall–Kier alpha value is -1.32. The average molecular weight is 334 g/mol. The highest BCUT2D eigenvalue weighted by Crippen LogP contribution is 2.28. The second-order valence-electron chi connectivity index (χ2n) is 4.88. The van der Waals surface area contributed by atoms with Gasteiger partial charge in [0.05, 0.1) is 0 Å². The highest BCUT2D eigenvalue weighted by Gasteiger charge is 2.04. The van der Waals surface area contributed by atoms with E-state index in [4.69, 9.17) is 4.74 Å². The van der Waals surface area contributed by atoms with Crippen LogP contribution in [-0.2, 0) is 6.54 Å². The summed E-state index contributed by atoms with van der Waals surface area (Å²) >= 11 is 3.46. The zero-order chi connectivity index (χ0) is 14.5. The summed E-state index contributed by atoms with van der Waals surface area (Å²) in [5, 5.41) is 3.34. The first-order valence-corrected chi connectivity index (χ1v) is 7.63. The van der Waals surface area contributed by atoms with Crippen LogP contribution in [0.1, 0.15) is 23.6 Å². The molecule has 0 aliphatic heterocycles. The van der Waals surface area contributed by atoms with Gasteiger partial charge >= 0.3 is 0 Å². The molecule has 0 aromatic heterocycles. The molecule has 0 bridgehead atoms. The number of ether oxygens (including phenoxy) is 1. The first-order valence-electron chi connectivity index (χ1n) is 6.84. The number of aryl methyl sites for hydroxylation is 2. The number of halogens is 1. The number of nitrogens with one attached hydrogen (secondary N) is 1. The van der Waals surface area contributed by atoms with Crippen LogP contribution < -0.4 is 10.1 Å². The Kier molecular flexibility index (Phi) is 5.21. The fourth-order valence-electron chi connectivity index (χ4n) is 2.04. The summed E-state index contributed by atoms with van der Waals surface area (Å²) in [6.07, 6.45) is 0. The summed E-state index contributed by atoms with van der Waals surface area (Å²) in [5.74, 6) is 1.78. The molecule has 106 valence electrons. The van der Waals surface area contributed by atoms with E-state index in [1.54, 1.807) is 0 Å². The number of hydrogen-bond donors (Lipinski definition) is 1. The molecule has 0 saturated carbocycles. The lowest BCUT2D eigenvalue weighted by molar-refractivity contribution is 0.478. The van der Waals surface area contributed by atoms with Crippen molar-refractivity contribution in [1.82, 2.24) is 5.32 Å². The molecule has 2 rings (SSSR count). The van der Waals surface area contributed by atoms with E-state index in [1.807, 2.05) is 25.1 Å². The van der Waals surface area contributed by atoms with Crippen LogP contribution >= 0.6 is 15.9 Å². The molecule has 0 spiro atoms. The summed E-state index contributed by atoms with van der Waals surface area (Å²) < 4.78 is 7.03. The van der Waals surface area contributed by atoms with Crippen LogP contribution in [0.3, 0.4) is 0 Å². The van der Waals surface area contributed by atoms with Crippen LogP contribution in [0.15, 0.2) is 40.9 Å². The molecule has 3 heteroatoms. The number of rotatable bonds is 5. The third-order valence-electron chi connectivity index (χ3n) is 3.24. The van der Waals surface area contributed by atoms with Crippen molar-refractivity contribution in [3.63, 3.8) is 0 Å². The van der Waals surface area contributed by atoms with Crippen LogP contribution in [0.4, 0.5) is 0 Å². The summed E-state index contributed by atoms with van der Waals surface area (Å²) in [5.41, 5.74) is 3.68. The summed E-state index contributed by atoms with van der Waals surface area (Å²) in [6, 6.07) is 12.3. The monoisotopic (exact) mass is 333 g/mol. The Morgan fingerprint density at radius 1 is 1.05 bits per heavy atom. The molecule has 2 nitrogen and oxygen atoms in total. The molecule has 0 atom stereocenters. The van der Waals surface area contributed by atoms with Crippen molar-refractivity contribution in [3.05, 3.63) is 57.6 Å². The predicted molar refractivity (Wildman–Crippen MR) is 87.5 cm³/mol. The third-order valence-corrected chi connectivity index (χ3v) is 3.74. The molecule has 0 aliphatic carbocycles. The molecule has 0 saturated heterocycles. The first-order chi connectivity index (χ1) is 9.60. The quantitative estimate of drug-likeness (QED) is 0.834. The molecule has 0 aliphatic rings. The van der Waals surface area contributed by atoms with Gasteiger partial charge in [0, 0.05) is 11.0 Å². The van der Waals surface area contributed by atoms with Crippen molar-refractivity contribution in [2.45, 2.75) is 27.3 Å². The second kappa shape index (κ2) is 6.91. The first kappa shape index (κ1) is 15.1. The standard InChI is InChI=1S/C17H20BrNO/c1-4-19-11-14-5-7-16(10-12(14)2)20-17-8-6-15(18)9-13(17)3/h5-10,19H,4,11H2,1-3H3. The summed E-state index contributed by atoms with van der Waals surface area (Å²) in [6.45, 7) is 8.17. The molecule has 0 amide bonds. The Bertz CT molecular complexity index is 596. The topological polar surface area (TPSA) is 21.3 Å². The minimum absolute atomic E-state index is 0.883. The van der Waals surface area contributed by atoms with Crippen LogP contribution in [0.25, 0.3) is 0 Å². The fourth-order valence-corrected chi connectivity index (χ4v) is 2.52. The number of benzene rings is 2. The van der Waals surface area contributed by atoms with Gasteiger partial charge in [-0.05, 0) is 67.4 Å². The molecule has 2 aromatic rings. The van der Waals surface area contributed by atoms with E-state index in [0.29, 0.717) is 0 Å². The van der Waals surface area contributed by atoms with E-state index < -0.39 is 0 Å².